The summed E-state index contributed by atoms with van der Waals surface area (Å²) in [6.45, 7) is 0. The molecule has 2 aromatic rings. The van der Waals surface area contributed by atoms with E-state index in [0.29, 0.717) is 0 Å². The number of aryl methyl sites for hydroxylation is 1. The summed E-state index contributed by atoms with van der Waals surface area (Å²) < 4.78 is 0. The molecule has 0 saturated heterocycles. The zero-order valence-electron chi connectivity index (χ0n) is 12.1. The van der Waals surface area contributed by atoms with Gasteiger partial charge in [0.15, 0.2) is 0 Å². The van der Waals surface area contributed by atoms with Gasteiger partial charge < -0.3 is 0 Å². The summed E-state index contributed by atoms with van der Waals surface area (Å²) in [6, 6.07) is 13.8. The second-order valence-corrected chi connectivity index (χ2v) is 6.34. The predicted molar refractivity (Wildman–Crippen MR) is 85.2 cm³/mol. The molecule has 102 valence electrons. The fourth-order valence-electron chi connectivity index (χ4n) is 4.01. The highest BCUT2D eigenvalue weighted by molar-refractivity contribution is 5.80. The lowest BCUT2D eigenvalue weighted by Gasteiger charge is -2.14. The van der Waals surface area contributed by atoms with Crippen molar-refractivity contribution < 1.29 is 0 Å². The monoisotopic (exact) mass is 262 g/mol. The third kappa shape index (κ3) is 1.98. The van der Waals surface area contributed by atoms with Crippen LogP contribution in [0.4, 0.5) is 0 Å². The first-order valence-electron chi connectivity index (χ1n) is 8.15. The summed E-state index contributed by atoms with van der Waals surface area (Å²) in [6.07, 6.45) is 10.7. The van der Waals surface area contributed by atoms with Crippen LogP contribution in [0, 0.1) is 0 Å². The molecule has 0 bridgehead atoms. The highest BCUT2D eigenvalue weighted by Crippen LogP contribution is 2.41. The Bertz CT molecular complexity index is 636. The first-order valence-corrected chi connectivity index (χ1v) is 8.15. The summed E-state index contributed by atoms with van der Waals surface area (Å²) in [4.78, 5) is 0. The lowest BCUT2D eigenvalue weighted by molar-refractivity contribution is 0.629. The molecule has 0 atom stereocenters. The van der Waals surface area contributed by atoms with Gasteiger partial charge in [0.1, 0.15) is 0 Å². The molecule has 0 aromatic heterocycles. The van der Waals surface area contributed by atoms with Crippen molar-refractivity contribution in [3.8, 4) is 11.1 Å². The summed E-state index contributed by atoms with van der Waals surface area (Å²) in [5, 5.41) is 0. The molecule has 0 heterocycles. The normalized spacial score (nSPS) is 17.4. The van der Waals surface area contributed by atoms with Crippen molar-refractivity contribution in [3.05, 3.63) is 58.7 Å². The molecule has 2 aliphatic rings. The van der Waals surface area contributed by atoms with E-state index < -0.39 is 0 Å². The number of rotatable bonds is 0. The third-order valence-corrected chi connectivity index (χ3v) is 5.04. The highest BCUT2D eigenvalue weighted by Gasteiger charge is 2.22. The first kappa shape index (κ1) is 12.2. The highest BCUT2D eigenvalue weighted by atomic mass is 14.3. The Morgan fingerprint density at radius 3 is 2.30 bits per heavy atom. The number of fused-ring (bicyclic) bond motifs is 5. The van der Waals surface area contributed by atoms with Gasteiger partial charge in [0.25, 0.3) is 0 Å². The van der Waals surface area contributed by atoms with Crippen molar-refractivity contribution in [1.29, 1.82) is 0 Å². The van der Waals surface area contributed by atoms with Gasteiger partial charge in [-0.1, -0.05) is 55.7 Å². The van der Waals surface area contributed by atoms with Gasteiger partial charge in [0.05, 0.1) is 0 Å². The second kappa shape index (κ2) is 5.09. The zero-order chi connectivity index (χ0) is 13.4. The van der Waals surface area contributed by atoms with Crippen molar-refractivity contribution in [1.82, 2.24) is 0 Å². The van der Waals surface area contributed by atoms with Crippen molar-refractivity contribution in [2.24, 2.45) is 0 Å². The molecule has 0 heteroatoms. The smallest absolute Gasteiger partial charge is 0.00133 e. The molecule has 2 aliphatic carbocycles. The molecular formula is C20H22. The Hall–Kier alpha value is -1.56. The molecule has 0 radical (unpaired) electrons. The van der Waals surface area contributed by atoms with E-state index >= 15 is 0 Å². The maximum Gasteiger partial charge on any atom is -0.00133 e. The van der Waals surface area contributed by atoms with Crippen molar-refractivity contribution in [3.63, 3.8) is 0 Å². The molecular weight excluding hydrogens is 240 g/mol. The fraction of sp³-hybridized carbons (Fsp3) is 0.400. The maximum absolute atomic E-state index is 2.42. The van der Waals surface area contributed by atoms with Gasteiger partial charge in [-0.3, -0.25) is 0 Å². The quantitative estimate of drug-likeness (QED) is 0.515. The topological polar surface area (TPSA) is 0 Å². The predicted octanol–water partition coefficient (Wildman–Crippen LogP) is 5.31. The molecule has 0 spiro atoms. The van der Waals surface area contributed by atoms with E-state index in [1.165, 1.54) is 56.1 Å². The lowest BCUT2D eigenvalue weighted by atomic mass is 9.90. The first-order chi connectivity index (χ1) is 9.93. The van der Waals surface area contributed by atoms with E-state index in [2.05, 4.69) is 36.4 Å². The molecule has 0 saturated carbocycles. The van der Waals surface area contributed by atoms with Gasteiger partial charge in [-0.25, -0.2) is 0 Å². The van der Waals surface area contributed by atoms with Crippen molar-refractivity contribution in [2.45, 2.75) is 51.4 Å². The van der Waals surface area contributed by atoms with Crippen LogP contribution in [0.2, 0.25) is 0 Å². The van der Waals surface area contributed by atoms with Crippen LogP contribution in [0.15, 0.2) is 36.4 Å². The van der Waals surface area contributed by atoms with E-state index in [9.17, 15) is 0 Å². The van der Waals surface area contributed by atoms with Gasteiger partial charge in [-0.15, -0.1) is 0 Å². The molecule has 2 aromatic carbocycles. The molecule has 20 heavy (non-hydrogen) atoms. The number of hydrogen-bond acceptors (Lipinski definition) is 0. The Kier molecular flexibility index (Phi) is 3.10. The molecule has 0 aliphatic heterocycles. The Morgan fingerprint density at radius 1 is 0.600 bits per heavy atom. The minimum Gasteiger partial charge on any atom is -0.0619 e. The van der Waals surface area contributed by atoms with E-state index in [1.54, 1.807) is 22.3 Å². The summed E-state index contributed by atoms with van der Waals surface area (Å²) >= 11 is 0. The average Bonchev–Trinajstić information content (AvgIpc) is 2.90. The summed E-state index contributed by atoms with van der Waals surface area (Å²) in [5.74, 6) is 0. The van der Waals surface area contributed by atoms with Gasteiger partial charge >= 0.3 is 0 Å². The molecule has 0 fully saturated rings. The van der Waals surface area contributed by atoms with Crippen LogP contribution in [0.5, 0.6) is 0 Å². The van der Waals surface area contributed by atoms with E-state index in [4.69, 9.17) is 0 Å². The lowest BCUT2D eigenvalue weighted by Crippen LogP contribution is -1.98. The summed E-state index contributed by atoms with van der Waals surface area (Å²) in [7, 11) is 0. The molecule has 0 N–H and O–H groups in total. The Balaban J connectivity index is 1.87. The van der Waals surface area contributed by atoms with Crippen LogP contribution in [0.3, 0.4) is 0 Å². The van der Waals surface area contributed by atoms with Crippen LogP contribution in [0.1, 0.15) is 54.4 Å². The Labute approximate surface area is 121 Å². The SMILES string of the molecule is c1ccc2c(c1)Cc1ccc3c(c1-2)CCCCCCC3. The molecule has 0 unspecified atom stereocenters. The Morgan fingerprint density at radius 2 is 1.35 bits per heavy atom. The van der Waals surface area contributed by atoms with Crippen molar-refractivity contribution in [2.75, 3.05) is 0 Å². The van der Waals surface area contributed by atoms with E-state index in [-0.39, 0.29) is 0 Å². The standard InChI is InChI=1S/C20H22/c1-2-4-8-15-12-13-17-14-16-9-6-7-11-19(16)20(17)18(15)10-5-3-1/h6-7,9,11-13H,1-5,8,10,14H2. The second-order valence-electron chi connectivity index (χ2n) is 6.34. The van der Waals surface area contributed by atoms with Crippen LogP contribution in [-0.4, -0.2) is 0 Å². The number of hydrogen-bond donors (Lipinski definition) is 0. The van der Waals surface area contributed by atoms with Crippen LogP contribution < -0.4 is 0 Å². The average molecular weight is 262 g/mol. The fourth-order valence-corrected chi connectivity index (χ4v) is 4.01. The molecule has 0 amide bonds. The maximum atomic E-state index is 2.42. The number of benzene rings is 2. The summed E-state index contributed by atoms with van der Waals surface area (Å²) in [5.41, 5.74) is 9.50. The third-order valence-electron chi connectivity index (χ3n) is 5.04. The van der Waals surface area contributed by atoms with Crippen molar-refractivity contribution >= 4 is 0 Å². The van der Waals surface area contributed by atoms with Gasteiger partial charge in [-0.2, -0.15) is 0 Å². The van der Waals surface area contributed by atoms with Gasteiger partial charge in [0.2, 0.25) is 0 Å². The van der Waals surface area contributed by atoms with Crippen LogP contribution in [0.25, 0.3) is 11.1 Å². The van der Waals surface area contributed by atoms with Gasteiger partial charge in [0, 0.05) is 0 Å². The molecule has 0 nitrogen and oxygen atoms in total. The van der Waals surface area contributed by atoms with Gasteiger partial charge in [-0.05, 0) is 65.5 Å². The van der Waals surface area contributed by atoms with Crippen LogP contribution >= 0.6 is 0 Å². The minimum absolute atomic E-state index is 1.14. The zero-order valence-corrected chi connectivity index (χ0v) is 12.1. The largest absolute Gasteiger partial charge is 0.0619 e. The molecule has 4 rings (SSSR count). The minimum atomic E-state index is 1.14. The van der Waals surface area contributed by atoms with E-state index in [1.807, 2.05) is 0 Å². The van der Waals surface area contributed by atoms with Crippen LogP contribution in [-0.2, 0) is 19.3 Å². The van der Waals surface area contributed by atoms with E-state index in [0.717, 1.165) is 6.42 Å².